The molecule has 3 aromatic heterocycles. The van der Waals surface area contributed by atoms with Gasteiger partial charge in [-0.1, -0.05) is 0 Å². The van der Waals surface area contributed by atoms with Gasteiger partial charge in [0.15, 0.2) is 0 Å². The van der Waals surface area contributed by atoms with Crippen LogP contribution in [-0.2, 0) is 6.42 Å². The lowest BCUT2D eigenvalue weighted by atomic mass is 10.3. The molecule has 19 heavy (non-hydrogen) atoms. The highest BCUT2D eigenvalue weighted by atomic mass is 79.9. The Bertz CT molecular complexity index is 709. The van der Waals surface area contributed by atoms with Crippen molar-refractivity contribution in [3.63, 3.8) is 0 Å². The topological polar surface area (TPSA) is 52.3 Å². The largest absolute Gasteiger partial charge is 0.475 e. The van der Waals surface area contributed by atoms with Crippen LogP contribution in [0.15, 0.2) is 28.7 Å². The minimum absolute atomic E-state index is 0.543. The van der Waals surface area contributed by atoms with Gasteiger partial charge in [0.25, 0.3) is 5.88 Å². The zero-order valence-electron chi connectivity index (χ0n) is 10.2. The fourth-order valence-corrected chi connectivity index (χ4v) is 2.92. The normalized spacial score (nSPS) is 11.1. The van der Waals surface area contributed by atoms with Crippen LogP contribution < -0.4 is 4.74 Å². The molecular weight excluding hydrogens is 328 g/mol. The number of hydrogen-bond donors (Lipinski definition) is 0. The molecule has 0 saturated carbocycles. The summed E-state index contributed by atoms with van der Waals surface area (Å²) < 4.78 is 8.34. The molecule has 7 heteroatoms. The van der Waals surface area contributed by atoms with Crippen molar-refractivity contribution in [3.8, 4) is 5.88 Å². The fraction of sp³-hybridized carbons (Fsp3) is 0.250. The molecule has 0 atom stereocenters. The number of halogens is 1. The Kier molecular flexibility index (Phi) is 3.48. The summed E-state index contributed by atoms with van der Waals surface area (Å²) in [4.78, 5) is 14.0. The Morgan fingerprint density at radius 3 is 3.11 bits per heavy atom. The van der Waals surface area contributed by atoms with Gasteiger partial charge in [-0.3, -0.25) is 4.40 Å². The molecule has 3 rings (SSSR count). The molecule has 3 aromatic rings. The maximum atomic E-state index is 5.74. The number of rotatable bonds is 4. The first-order chi connectivity index (χ1) is 9.24. The summed E-state index contributed by atoms with van der Waals surface area (Å²) >= 11 is 5.01. The van der Waals surface area contributed by atoms with E-state index in [1.165, 1.54) is 4.88 Å². The van der Waals surface area contributed by atoms with Crippen molar-refractivity contribution in [3.05, 3.63) is 39.3 Å². The van der Waals surface area contributed by atoms with E-state index in [1.54, 1.807) is 17.5 Å². The SMILES string of the molecule is Cc1ncsc1CCOc1nc(Br)cn2ccnc12. The Morgan fingerprint density at radius 1 is 1.42 bits per heavy atom. The molecule has 0 fully saturated rings. The lowest BCUT2D eigenvalue weighted by Gasteiger charge is -2.06. The summed E-state index contributed by atoms with van der Waals surface area (Å²) in [5.41, 5.74) is 3.65. The van der Waals surface area contributed by atoms with Gasteiger partial charge in [-0.15, -0.1) is 11.3 Å². The van der Waals surface area contributed by atoms with E-state index < -0.39 is 0 Å². The van der Waals surface area contributed by atoms with Crippen molar-refractivity contribution < 1.29 is 4.74 Å². The van der Waals surface area contributed by atoms with Crippen LogP contribution in [0.2, 0.25) is 0 Å². The zero-order valence-corrected chi connectivity index (χ0v) is 12.6. The van der Waals surface area contributed by atoms with Gasteiger partial charge >= 0.3 is 0 Å². The van der Waals surface area contributed by atoms with Crippen molar-refractivity contribution in [2.75, 3.05) is 6.61 Å². The van der Waals surface area contributed by atoms with Crippen molar-refractivity contribution >= 4 is 32.9 Å². The number of aromatic nitrogens is 4. The van der Waals surface area contributed by atoms with E-state index in [0.29, 0.717) is 12.5 Å². The molecule has 0 aliphatic carbocycles. The summed E-state index contributed by atoms with van der Waals surface area (Å²) in [5, 5.41) is 0. The Balaban J connectivity index is 1.75. The lowest BCUT2D eigenvalue weighted by Crippen LogP contribution is -2.04. The lowest BCUT2D eigenvalue weighted by molar-refractivity contribution is 0.311. The summed E-state index contributed by atoms with van der Waals surface area (Å²) in [5.74, 6) is 0.543. The third kappa shape index (κ3) is 2.62. The van der Waals surface area contributed by atoms with Crippen LogP contribution in [0.3, 0.4) is 0 Å². The second-order valence-electron chi connectivity index (χ2n) is 3.99. The van der Waals surface area contributed by atoms with Gasteiger partial charge in [-0.2, -0.15) is 0 Å². The highest BCUT2D eigenvalue weighted by Gasteiger charge is 2.08. The van der Waals surface area contributed by atoms with Crippen LogP contribution in [-0.4, -0.2) is 26.0 Å². The van der Waals surface area contributed by atoms with Crippen molar-refractivity contribution in [1.29, 1.82) is 0 Å². The van der Waals surface area contributed by atoms with Gasteiger partial charge in [0, 0.05) is 29.9 Å². The van der Waals surface area contributed by atoms with E-state index in [-0.39, 0.29) is 0 Å². The van der Waals surface area contributed by atoms with Gasteiger partial charge in [0.05, 0.1) is 17.8 Å². The van der Waals surface area contributed by atoms with Crippen molar-refractivity contribution in [1.82, 2.24) is 19.4 Å². The van der Waals surface area contributed by atoms with Crippen molar-refractivity contribution in [2.45, 2.75) is 13.3 Å². The summed E-state index contributed by atoms with van der Waals surface area (Å²) in [6, 6.07) is 0. The van der Waals surface area contributed by atoms with E-state index in [0.717, 1.165) is 22.4 Å². The molecule has 0 N–H and O–H groups in total. The average Bonchev–Trinajstić information content (AvgIpc) is 2.98. The number of hydrogen-bond acceptors (Lipinski definition) is 5. The highest BCUT2D eigenvalue weighted by molar-refractivity contribution is 9.10. The Morgan fingerprint density at radius 2 is 2.32 bits per heavy atom. The monoisotopic (exact) mass is 338 g/mol. The molecule has 0 aliphatic rings. The van der Waals surface area contributed by atoms with Crippen LogP contribution in [0.5, 0.6) is 5.88 Å². The standard InChI is InChI=1S/C12H11BrN4OS/c1-8-9(19-7-15-8)2-5-18-12-11-14-3-4-17(11)6-10(13)16-12/h3-4,6-7H,2,5H2,1H3. The molecule has 0 spiro atoms. The number of ether oxygens (including phenoxy) is 1. The first kappa shape index (κ1) is 12.6. The van der Waals surface area contributed by atoms with Gasteiger partial charge < -0.3 is 4.74 Å². The number of nitrogens with zero attached hydrogens (tertiary/aromatic N) is 4. The number of imidazole rings is 1. The molecule has 0 amide bonds. The molecule has 3 heterocycles. The number of fused-ring (bicyclic) bond motifs is 1. The maximum Gasteiger partial charge on any atom is 0.259 e. The van der Waals surface area contributed by atoms with Gasteiger partial charge in [-0.25, -0.2) is 15.0 Å². The second-order valence-corrected chi connectivity index (χ2v) is 5.74. The van der Waals surface area contributed by atoms with Crippen LogP contribution in [0, 0.1) is 6.92 Å². The van der Waals surface area contributed by atoms with Gasteiger partial charge in [0.1, 0.15) is 4.60 Å². The molecule has 98 valence electrons. The molecule has 0 unspecified atom stereocenters. The number of thiazole rings is 1. The highest BCUT2D eigenvalue weighted by Crippen LogP contribution is 2.20. The Labute approximate surface area is 122 Å². The van der Waals surface area contributed by atoms with Gasteiger partial charge in [-0.05, 0) is 22.9 Å². The first-order valence-electron chi connectivity index (χ1n) is 5.75. The smallest absolute Gasteiger partial charge is 0.259 e. The third-order valence-corrected chi connectivity index (χ3v) is 4.10. The molecule has 0 bridgehead atoms. The quantitative estimate of drug-likeness (QED) is 0.733. The van der Waals surface area contributed by atoms with E-state index in [2.05, 4.69) is 30.9 Å². The van der Waals surface area contributed by atoms with Crippen LogP contribution in [0.25, 0.3) is 5.65 Å². The van der Waals surface area contributed by atoms with E-state index in [9.17, 15) is 0 Å². The van der Waals surface area contributed by atoms with E-state index in [4.69, 9.17) is 4.74 Å². The zero-order chi connectivity index (χ0) is 13.2. The minimum atomic E-state index is 0.543. The summed E-state index contributed by atoms with van der Waals surface area (Å²) in [6.45, 7) is 2.57. The first-order valence-corrected chi connectivity index (χ1v) is 7.42. The van der Waals surface area contributed by atoms with Crippen molar-refractivity contribution in [2.24, 2.45) is 0 Å². The van der Waals surface area contributed by atoms with E-state index >= 15 is 0 Å². The maximum absolute atomic E-state index is 5.74. The molecular formula is C12H11BrN4OS. The van der Waals surface area contributed by atoms with Crippen LogP contribution in [0.4, 0.5) is 0 Å². The third-order valence-electron chi connectivity index (χ3n) is 2.73. The predicted octanol–water partition coefficient (Wildman–Crippen LogP) is 2.88. The molecule has 0 aromatic carbocycles. The average molecular weight is 339 g/mol. The Hall–Kier alpha value is -1.47. The predicted molar refractivity (Wildman–Crippen MR) is 76.7 cm³/mol. The van der Waals surface area contributed by atoms with Gasteiger partial charge in [0.2, 0.25) is 5.65 Å². The fourth-order valence-electron chi connectivity index (χ4n) is 1.78. The van der Waals surface area contributed by atoms with Crippen LogP contribution >= 0.6 is 27.3 Å². The summed E-state index contributed by atoms with van der Waals surface area (Å²) in [7, 11) is 0. The molecule has 0 aliphatic heterocycles. The van der Waals surface area contributed by atoms with E-state index in [1.807, 2.05) is 29.2 Å². The number of aryl methyl sites for hydroxylation is 1. The van der Waals surface area contributed by atoms with Crippen LogP contribution in [0.1, 0.15) is 10.6 Å². The summed E-state index contributed by atoms with van der Waals surface area (Å²) in [6.07, 6.45) is 6.27. The minimum Gasteiger partial charge on any atom is -0.475 e. The second kappa shape index (κ2) is 5.26. The molecule has 5 nitrogen and oxygen atoms in total. The molecule has 0 radical (unpaired) electrons. The molecule has 0 saturated heterocycles.